The molecular formula is C15H33N3O. The predicted molar refractivity (Wildman–Crippen MR) is 82.1 cm³/mol. The van der Waals surface area contributed by atoms with E-state index in [9.17, 15) is 4.79 Å². The Labute approximate surface area is 119 Å². The average molecular weight is 271 g/mol. The summed E-state index contributed by atoms with van der Waals surface area (Å²) in [7, 11) is 0. The quantitative estimate of drug-likeness (QED) is 0.535. The molecule has 19 heavy (non-hydrogen) atoms. The second-order valence-electron chi connectivity index (χ2n) is 5.24. The van der Waals surface area contributed by atoms with E-state index in [0.29, 0.717) is 6.42 Å². The molecule has 0 fully saturated rings. The molecule has 1 amide bonds. The van der Waals surface area contributed by atoms with Crippen LogP contribution in [0.4, 0.5) is 0 Å². The topological polar surface area (TPSA) is 58.4 Å². The van der Waals surface area contributed by atoms with E-state index >= 15 is 0 Å². The van der Waals surface area contributed by atoms with Crippen LogP contribution in [-0.2, 0) is 4.79 Å². The van der Waals surface area contributed by atoms with Gasteiger partial charge in [-0.1, -0.05) is 20.3 Å². The van der Waals surface area contributed by atoms with Crippen molar-refractivity contribution >= 4 is 5.91 Å². The SMILES string of the molecule is CCN(CC)CCCC(C)NC(=O)CCCCCN. The number of carbonyl (C=O) groups excluding carboxylic acids is 1. The van der Waals surface area contributed by atoms with Gasteiger partial charge in [-0.25, -0.2) is 0 Å². The standard InChI is InChI=1S/C15H33N3O/c1-4-18(5-2)13-9-10-14(3)17-15(19)11-7-6-8-12-16/h14H,4-13,16H2,1-3H3,(H,17,19). The first-order chi connectivity index (χ1) is 9.13. The third-order valence-corrected chi connectivity index (χ3v) is 3.52. The Morgan fingerprint density at radius 3 is 2.42 bits per heavy atom. The molecule has 0 aromatic rings. The predicted octanol–water partition coefficient (Wildman–Crippen LogP) is 2.13. The zero-order valence-corrected chi connectivity index (χ0v) is 13.1. The van der Waals surface area contributed by atoms with Crippen molar-refractivity contribution in [1.82, 2.24) is 10.2 Å². The van der Waals surface area contributed by atoms with Crippen molar-refractivity contribution in [3.8, 4) is 0 Å². The fraction of sp³-hybridized carbons (Fsp3) is 0.933. The van der Waals surface area contributed by atoms with Gasteiger partial charge < -0.3 is 16.0 Å². The number of hydrogen-bond acceptors (Lipinski definition) is 3. The van der Waals surface area contributed by atoms with Crippen LogP contribution in [-0.4, -0.2) is 43.0 Å². The first-order valence-corrected chi connectivity index (χ1v) is 7.85. The van der Waals surface area contributed by atoms with E-state index in [1.165, 1.54) is 0 Å². The summed E-state index contributed by atoms with van der Waals surface area (Å²) in [6.45, 7) is 10.6. The van der Waals surface area contributed by atoms with Gasteiger partial charge in [0.25, 0.3) is 0 Å². The molecule has 0 aliphatic heterocycles. The van der Waals surface area contributed by atoms with Crippen molar-refractivity contribution in [2.24, 2.45) is 5.73 Å². The Bertz CT molecular complexity index is 217. The van der Waals surface area contributed by atoms with Crippen LogP contribution < -0.4 is 11.1 Å². The summed E-state index contributed by atoms with van der Waals surface area (Å²) in [4.78, 5) is 14.1. The fourth-order valence-corrected chi connectivity index (χ4v) is 2.19. The lowest BCUT2D eigenvalue weighted by atomic mass is 10.1. The molecule has 4 nitrogen and oxygen atoms in total. The van der Waals surface area contributed by atoms with E-state index in [1.807, 2.05) is 0 Å². The highest BCUT2D eigenvalue weighted by Gasteiger charge is 2.07. The lowest BCUT2D eigenvalue weighted by Crippen LogP contribution is -2.33. The third-order valence-electron chi connectivity index (χ3n) is 3.52. The van der Waals surface area contributed by atoms with Crippen molar-refractivity contribution in [1.29, 1.82) is 0 Å². The second-order valence-corrected chi connectivity index (χ2v) is 5.24. The summed E-state index contributed by atoms with van der Waals surface area (Å²) in [5.41, 5.74) is 5.42. The normalized spacial score (nSPS) is 12.7. The molecule has 0 radical (unpaired) electrons. The molecule has 0 aliphatic carbocycles. The van der Waals surface area contributed by atoms with E-state index in [0.717, 1.165) is 58.3 Å². The molecule has 0 saturated heterocycles. The Morgan fingerprint density at radius 1 is 1.16 bits per heavy atom. The number of nitrogens with one attached hydrogen (secondary N) is 1. The highest BCUT2D eigenvalue weighted by Crippen LogP contribution is 2.02. The average Bonchev–Trinajstić information content (AvgIpc) is 2.40. The smallest absolute Gasteiger partial charge is 0.220 e. The molecule has 0 spiro atoms. The third kappa shape index (κ3) is 11.0. The second kappa shape index (κ2) is 12.4. The highest BCUT2D eigenvalue weighted by molar-refractivity contribution is 5.76. The molecule has 0 saturated carbocycles. The summed E-state index contributed by atoms with van der Waals surface area (Å²) in [5, 5.41) is 3.08. The zero-order chi connectivity index (χ0) is 14.5. The molecule has 0 aliphatic rings. The molecule has 0 aromatic heterocycles. The minimum Gasteiger partial charge on any atom is -0.354 e. The lowest BCUT2D eigenvalue weighted by Gasteiger charge is -2.19. The Kier molecular flexibility index (Phi) is 12.0. The summed E-state index contributed by atoms with van der Waals surface area (Å²) >= 11 is 0. The van der Waals surface area contributed by atoms with Crippen LogP contribution in [0.5, 0.6) is 0 Å². The van der Waals surface area contributed by atoms with Crippen LogP contribution in [0.15, 0.2) is 0 Å². The van der Waals surface area contributed by atoms with E-state index in [-0.39, 0.29) is 11.9 Å². The Morgan fingerprint density at radius 2 is 1.84 bits per heavy atom. The van der Waals surface area contributed by atoms with Gasteiger partial charge >= 0.3 is 0 Å². The van der Waals surface area contributed by atoms with Crippen molar-refractivity contribution in [2.45, 2.75) is 65.3 Å². The van der Waals surface area contributed by atoms with Crippen LogP contribution >= 0.6 is 0 Å². The van der Waals surface area contributed by atoms with Crippen molar-refractivity contribution < 1.29 is 4.79 Å². The summed E-state index contributed by atoms with van der Waals surface area (Å²) < 4.78 is 0. The number of rotatable bonds is 12. The summed E-state index contributed by atoms with van der Waals surface area (Å²) in [6, 6.07) is 0.289. The number of unbranched alkanes of at least 4 members (excludes halogenated alkanes) is 2. The van der Waals surface area contributed by atoms with Crippen LogP contribution in [0.25, 0.3) is 0 Å². The van der Waals surface area contributed by atoms with Gasteiger partial charge in [-0.3, -0.25) is 4.79 Å². The van der Waals surface area contributed by atoms with Crippen molar-refractivity contribution in [2.75, 3.05) is 26.2 Å². The van der Waals surface area contributed by atoms with E-state index in [2.05, 4.69) is 31.0 Å². The summed E-state index contributed by atoms with van der Waals surface area (Å²) in [6.07, 6.45) is 5.88. The minimum atomic E-state index is 0.187. The molecule has 114 valence electrons. The lowest BCUT2D eigenvalue weighted by molar-refractivity contribution is -0.121. The molecule has 4 heteroatoms. The molecule has 1 atom stereocenters. The van der Waals surface area contributed by atoms with Gasteiger partial charge in [-0.2, -0.15) is 0 Å². The fourth-order valence-electron chi connectivity index (χ4n) is 2.19. The monoisotopic (exact) mass is 271 g/mol. The van der Waals surface area contributed by atoms with E-state index in [4.69, 9.17) is 5.73 Å². The van der Waals surface area contributed by atoms with Gasteiger partial charge in [0.1, 0.15) is 0 Å². The number of carbonyl (C=O) groups is 1. The minimum absolute atomic E-state index is 0.187. The van der Waals surface area contributed by atoms with Gasteiger partial charge in [-0.05, 0) is 58.8 Å². The molecule has 0 aromatic carbocycles. The Balaban J connectivity index is 3.56. The molecule has 1 unspecified atom stereocenters. The molecular weight excluding hydrogens is 238 g/mol. The Hall–Kier alpha value is -0.610. The van der Waals surface area contributed by atoms with E-state index < -0.39 is 0 Å². The van der Waals surface area contributed by atoms with Gasteiger partial charge in [0.05, 0.1) is 0 Å². The van der Waals surface area contributed by atoms with Gasteiger partial charge in [-0.15, -0.1) is 0 Å². The van der Waals surface area contributed by atoms with E-state index in [1.54, 1.807) is 0 Å². The molecule has 0 rings (SSSR count). The van der Waals surface area contributed by atoms with Crippen LogP contribution in [0, 0.1) is 0 Å². The van der Waals surface area contributed by atoms with Gasteiger partial charge in [0, 0.05) is 12.5 Å². The maximum absolute atomic E-state index is 11.7. The molecule has 0 heterocycles. The van der Waals surface area contributed by atoms with Crippen molar-refractivity contribution in [3.05, 3.63) is 0 Å². The van der Waals surface area contributed by atoms with Crippen LogP contribution in [0.2, 0.25) is 0 Å². The number of amides is 1. The first kappa shape index (κ1) is 18.4. The molecule has 3 N–H and O–H groups in total. The first-order valence-electron chi connectivity index (χ1n) is 7.85. The summed E-state index contributed by atoms with van der Waals surface area (Å²) in [5.74, 6) is 0.187. The maximum Gasteiger partial charge on any atom is 0.220 e. The molecule has 0 bridgehead atoms. The van der Waals surface area contributed by atoms with Crippen molar-refractivity contribution in [3.63, 3.8) is 0 Å². The largest absolute Gasteiger partial charge is 0.354 e. The van der Waals surface area contributed by atoms with Gasteiger partial charge in [0.2, 0.25) is 5.91 Å². The number of nitrogens with zero attached hydrogens (tertiary/aromatic N) is 1. The highest BCUT2D eigenvalue weighted by atomic mass is 16.1. The number of hydrogen-bond donors (Lipinski definition) is 2. The zero-order valence-electron chi connectivity index (χ0n) is 13.1. The number of nitrogens with two attached hydrogens (primary N) is 1. The maximum atomic E-state index is 11.7. The van der Waals surface area contributed by atoms with Crippen LogP contribution in [0.1, 0.15) is 59.3 Å². The van der Waals surface area contributed by atoms with Gasteiger partial charge in [0.15, 0.2) is 0 Å². The van der Waals surface area contributed by atoms with Crippen LogP contribution in [0.3, 0.4) is 0 Å².